The molecule has 0 unspecified atom stereocenters. The molecule has 0 aromatic heterocycles. The molecule has 1 saturated heterocycles. The Morgan fingerprint density at radius 2 is 1.89 bits per heavy atom. The molecular weight excluding hydrogens is 376 g/mol. The zero-order valence-electron chi connectivity index (χ0n) is 15.4. The van der Waals surface area contributed by atoms with Gasteiger partial charge in [-0.1, -0.05) is 30.3 Å². The molecule has 27 heavy (non-hydrogen) atoms. The third kappa shape index (κ3) is 3.92. The van der Waals surface area contributed by atoms with E-state index >= 15 is 0 Å². The molecule has 1 N–H and O–H groups in total. The molecule has 0 aliphatic carbocycles. The van der Waals surface area contributed by atoms with E-state index in [4.69, 9.17) is 4.99 Å². The topological polar surface area (TPSA) is 58.5 Å². The summed E-state index contributed by atoms with van der Waals surface area (Å²) in [6.07, 6.45) is 4.52. The molecule has 142 valence electrons. The first-order chi connectivity index (χ1) is 13.0. The van der Waals surface area contributed by atoms with E-state index < -0.39 is 9.84 Å². The summed E-state index contributed by atoms with van der Waals surface area (Å²) >= 11 is 2.02. The number of thioether (sulfide) groups is 1. The van der Waals surface area contributed by atoms with Crippen molar-refractivity contribution < 1.29 is 8.42 Å². The molecular formula is C21H24N2O2S2. The van der Waals surface area contributed by atoms with Gasteiger partial charge in [0, 0.05) is 17.4 Å². The minimum Gasteiger partial charge on any atom is -0.343 e. The lowest BCUT2D eigenvalue weighted by atomic mass is 9.73. The zero-order chi connectivity index (χ0) is 18.9. The van der Waals surface area contributed by atoms with E-state index in [2.05, 4.69) is 23.5 Å². The fraction of sp³-hybridized carbons (Fsp3) is 0.381. The minimum atomic E-state index is -3.20. The molecule has 4 nitrogen and oxygen atoms in total. The lowest BCUT2D eigenvalue weighted by Gasteiger charge is -2.42. The maximum absolute atomic E-state index is 11.8. The van der Waals surface area contributed by atoms with Crippen LogP contribution >= 0.6 is 11.8 Å². The van der Waals surface area contributed by atoms with Gasteiger partial charge in [-0.15, -0.1) is 0 Å². The number of hydrogen-bond acceptors (Lipinski definition) is 4. The Morgan fingerprint density at radius 3 is 2.67 bits per heavy atom. The van der Waals surface area contributed by atoms with Crippen molar-refractivity contribution in [1.82, 2.24) is 0 Å². The third-order valence-electron chi connectivity index (χ3n) is 5.50. The molecule has 4 rings (SSSR count). The van der Waals surface area contributed by atoms with Gasteiger partial charge in [0.25, 0.3) is 0 Å². The van der Waals surface area contributed by atoms with E-state index in [-0.39, 0.29) is 5.41 Å². The third-order valence-corrected chi connectivity index (χ3v) is 7.59. The zero-order valence-corrected chi connectivity index (χ0v) is 17.1. The van der Waals surface area contributed by atoms with Gasteiger partial charge in [0.15, 0.2) is 9.84 Å². The second kappa shape index (κ2) is 7.32. The lowest BCUT2D eigenvalue weighted by molar-refractivity contribution is 0.377. The molecule has 2 aromatic carbocycles. The Kier molecular flexibility index (Phi) is 5.03. The molecule has 2 aliphatic heterocycles. The SMILES string of the molecule is CS(=O)(=O)c1cccc(CN=C2Nc3ccccc3CC23CCSCC3)c1. The summed E-state index contributed by atoms with van der Waals surface area (Å²) < 4.78 is 23.6. The van der Waals surface area contributed by atoms with Gasteiger partial charge in [-0.05, 0) is 60.1 Å². The van der Waals surface area contributed by atoms with Crippen LogP contribution in [0.2, 0.25) is 0 Å². The Balaban J connectivity index is 1.66. The van der Waals surface area contributed by atoms with Crippen molar-refractivity contribution in [3.05, 3.63) is 59.7 Å². The predicted octanol–water partition coefficient (Wildman–Crippen LogP) is 4.17. The monoisotopic (exact) mass is 400 g/mol. The van der Waals surface area contributed by atoms with Gasteiger partial charge in [-0.3, -0.25) is 4.99 Å². The van der Waals surface area contributed by atoms with Crippen molar-refractivity contribution in [3.63, 3.8) is 0 Å². The molecule has 2 heterocycles. The molecule has 2 aliphatic rings. The van der Waals surface area contributed by atoms with Gasteiger partial charge in [0.1, 0.15) is 5.84 Å². The molecule has 0 bridgehead atoms. The first-order valence-corrected chi connectivity index (χ1v) is 12.3. The number of anilines is 1. The number of amidine groups is 1. The normalized spacial score (nSPS) is 20.3. The van der Waals surface area contributed by atoms with Crippen LogP contribution in [0.25, 0.3) is 0 Å². The predicted molar refractivity (Wildman–Crippen MR) is 113 cm³/mol. The maximum Gasteiger partial charge on any atom is 0.175 e. The highest BCUT2D eigenvalue weighted by molar-refractivity contribution is 7.99. The highest BCUT2D eigenvalue weighted by atomic mass is 32.2. The maximum atomic E-state index is 11.8. The van der Waals surface area contributed by atoms with Crippen molar-refractivity contribution in [3.8, 4) is 0 Å². The smallest absolute Gasteiger partial charge is 0.175 e. The number of para-hydroxylation sites is 1. The second-order valence-corrected chi connectivity index (χ2v) is 10.7. The van der Waals surface area contributed by atoms with E-state index in [1.165, 1.54) is 11.8 Å². The van der Waals surface area contributed by atoms with Crippen LogP contribution in [0.1, 0.15) is 24.0 Å². The van der Waals surface area contributed by atoms with Crippen LogP contribution < -0.4 is 5.32 Å². The Morgan fingerprint density at radius 1 is 1.11 bits per heavy atom. The molecule has 0 radical (unpaired) electrons. The molecule has 1 fully saturated rings. The van der Waals surface area contributed by atoms with Gasteiger partial charge in [-0.25, -0.2) is 8.42 Å². The minimum absolute atomic E-state index is 0.0774. The van der Waals surface area contributed by atoms with Crippen LogP contribution in [-0.2, 0) is 22.8 Å². The second-order valence-electron chi connectivity index (χ2n) is 7.44. The summed E-state index contributed by atoms with van der Waals surface area (Å²) in [7, 11) is -3.20. The van der Waals surface area contributed by atoms with Gasteiger partial charge in [0.05, 0.1) is 11.4 Å². The fourth-order valence-electron chi connectivity index (χ4n) is 3.93. The van der Waals surface area contributed by atoms with E-state index in [1.807, 2.05) is 23.9 Å². The molecule has 2 aromatic rings. The molecule has 0 saturated carbocycles. The van der Waals surface area contributed by atoms with Gasteiger partial charge >= 0.3 is 0 Å². The van der Waals surface area contributed by atoms with Crippen molar-refractivity contribution >= 4 is 33.1 Å². The van der Waals surface area contributed by atoms with Gasteiger partial charge in [-0.2, -0.15) is 11.8 Å². The van der Waals surface area contributed by atoms with Crippen LogP contribution in [-0.4, -0.2) is 32.0 Å². The first kappa shape index (κ1) is 18.6. The highest BCUT2D eigenvalue weighted by Gasteiger charge is 2.41. The van der Waals surface area contributed by atoms with Crippen LogP contribution in [0.5, 0.6) is 0 Å². The number of rotatable bonds is 3. The van der Waals surface area contributed by atoms with E-state index in [1.54, 1.807) is 18.2 Å². The van der Waals surface area contributed by atoms with Crippen molar-refractivity contribution in [2.75, 3.05) is 23.1 Å². The molecule has 1 spiro atoms. The Labute approximate surface area is 165 Å². The quantitative estimate of drug-likeness (QED) is 0.840. The number of sulfone groups is 1. The summed E-state index contributed by atoms with van der Waals surface area (Å²) in [6.45, 7) is 0.489. The highest BCUT2D eigenvalue weighted by Crippen LogP contribution is 2.44. The fourth-order valence-corrected chi connectivity index (χ4v) is 5.90. The summed E-state index contributed by atoms with van der Waals surface area (Å²) in [5.41, 5.74) is 3.51. The number of benzene rings is 2. The van der Waals surface area contributed by atoms with Gasteiger partial charge in [0.2, 0.25) is 0 Å². The van der Waals surface area contributed by atoms with Crippen molar-refractivity contribution in [2.45, 2.75) is 30.7 Å². The first-order valence-electron chi connectivity index (χ1n) is 9.23. The number of hydrogen-bond donors (Lipinski definition) is 1. The largest absolute Gasteiger partial charge is 0.343 e. The summed E-state index contributed by atoms with van der Waals surface area (Å²) in [5, 5.41) is 3.60. The molecule has 0 atom stereocenters. The Hall–Kier alpha value is -1.79. The van der Waals surface area contributed by atoms with Crippen molar-refractivity contribution in [1.29, 1.82) is 0 Å². The van der Waals surface area contributed by atoms with E-state index in [9.17, 15) is 8.42 Å². The van der Waals surface area contributed by atoms with Crippen LogP contribution in [0.3, 0.4) is 0 Å². The standard InChI is InChI=1S/C21H24N2O2S2/c1-27(24,25)18-7-4-5-16(13-18)15-22-20-21(9-11-26-12-10-21)14-17-6-2-3-8-19(17)23-20/h2-8,13H,9-12,14-15H2,1H3,(H,22,23). The van der Waals surface area contributed by atoms with E-state index in [0.717, 1.165) is 47.9 Å². The summed E-state index contributed by atoms with van der Waals surface area (Å²) in [5.74, 6) is 3.38. The molecule has 6 heteroatoms. The summed E-state index contributed by atoms with van der Waals surface area (Å²) in [6, 6.07) is 15.6. The Bertz CT molecular complexity index is 977. The number of nitrogens with one attached hydrogen (secondary N) is 1. The van der Waals surface area contributed by atoms with Gasteiger partial charge < -0.3 is 5.32 Å². The van der Waals surface area contributed by atoms with Crippen LogP contribution in [0.15, 0.2) is 58.4 Å². The summed E-state index contributed by atoms with van der Waals surface area (Å²) in [4.78, 5) is 5.31. The number of nitrogens with zero attached hydrogens (tertiary/aromatic N) is 1. The average Bonchev–Trinajstić information content (AvgIpc) is 2.66. The average molecular weight is 401 g/mol. The lowest BCUT2D eigenvalue weighted by Crippen LogP contribution is -2.44. The van der Waals surface area contributed by atoms with Crippen molar-refractivity contribution in [2.24, 2.45) is 10.4 Å². The number of aliphatic imine (C=N–C) groups is 1. The molecule has 0 amide bonds. The van der Waals surface area contributed by atoms with Crippen LogP contribution in [0, 0.1) is 5.41 Å². The number of fused-ring (bicyclic) bond motifs is 1. The van der Waals surface area contributed by atoms with E-state index in [0.29, 0.717) is 11.4 Å². The van der Waals surface area contributed by atoms with Crippen LogP contribution in [0.4, 0.5) is 5.69 Å².